The van der Waals surface area contributed by atoms with Gasteiger partial charge in [0.2, 0.25) is 0 Å². The van der Waals surface area contributed by atoms with Crippen LogP contribution in [0.2, 0.25) is 5.02 Å². The average Bonchev–Trinajstić information content (AvgIpc) is 2.70. The van der Waals surface area contributed by atoms with E-state index in [0.717, 1.165) is 22.3 Å². The van der Waals surface area contributed by atoms with Crippen LogP contribution in [0.5, 0.6) is 0 Å². The van der Waals surface area contributed by atoms with Crippen LogP contribution < -0.4 is 10.9 Å². The highest BCUT2D eigenvalue weighted by atomic mass is 35.5. The predicted molar refractivity (Wildman–Crippen MR) is 104 cm³/mol. The van der Waals surface area contributed by atoms with Gasteiger partial charge in [-0.25, -0.2) is 4.39 Å². The standard InChI is InChI=1S/C21H16ClFN2O3/c22-16-8-11-18(26)25(13-16)19(20(27)15-6-9-17(23)10-7-15)21(28)24-12-14-4-2-1-3-5-14/h1-11,13,19H,12H2,(H,24,28)/t19-/m0/s1. The van der Waals surface area contributed by atoms with E-state index in [1.54, 1.807) is 0 Å². The molecule has 2 aromatic carbocycles. The van der Waals surface area contributed by atoms with Gasteiger partial charge in [-0.15, -0.1) is 0 Å². The number of halogens is 2. The van der Waals surface area contributed by atoms with Crippen LogP contribution in [0.3, 0.4) is 0 Å². The lowest BCUT2D eigenvalue weighted by molar-refractivity contribution is -0.123. The topological polar surface area (TPSA) is 68.2 Å². The number of rotatable bonds is 6. The molecule has 0 bridgehead atoms. The van der Waals surface area contributed by atoms with Crippen LogP contribution in [-0.4, -0.2) is 16.3 Å². The van der Waals surface area contributed by atoms with Crippen LogP contribution in [0.1, 0.15) is 22.0 Å². The molecule has 0 radical (unpaired) electrons. The van der Waals surface area contributed by atoms with Crippen molar-refractivity contribution in [1.82, 2.24) is 9.88 Å². The summed E-state index contributed by atoms with van der Waals surface area (Å²) in [5.41, 5.74) is 0.384. The molecule has 1 heterocycles. The van der Waals surface area contributed by atoms with E-state index in [1.807, 2.05) is 30.3 Å². The molecule has 7 heteroatoms. The number of carbonyl (C=O) groups excluding carboxylic acids is 2. The Morgan fingerprint density at radius 1 is 1.00 bits per heavy atom. The van der Waals surface area contributed by atoms with E-state index < -0.39 is 29.1 Å². The Kier molecular flexibility index (Phi) is 6.01. The predicted octanol–water partition coefficient (Wildman–Crippen LogP) is 3.38. The van der Waals surface area contributed by atoms with Gasteiger partial charge in [0, 0.05) is 24.4 Å². The van der Waals surface area contributed by atoms with Crippen molar-refractivity contribution in [2.24, 2.45) is 0 Å². The first-order valence-electron chi connectivity index (χ1n) is 8.45. The minimum Gasteiger partial charge on any atom is -0.350 e. The maximum Gasteiger partial charge on any atom is 0.251 e. The molecular weight excluding hydrogens is 383 g/mol. The van der Waals surface area contributed by atoms with E-state index in [-0.39, 0.29) is 17.1 Å². The van der Waals surface area contributed by atoms with Gasteiger partial charge in [0.15, 0.2) is 11.8 Å². The number of hydrogen-bond donors (Lipinski definition) is 1. The molecule has 1 atom stereocenters. The van der Waals surface area contributed by atoms with Crippen LogP contribution >= 0.6 is 11.6 Å². The van der Waals surface area contributed by atoms with Crippen molar-refractivity contribution >= 4 is 23.3 Å². The van der Waals surface area contributed by atoms with E-state index in [1.165, 1.54) is 30.5 Å². The van der Waals surface area contributed by atoms with Crippen molar-refractivity contribution in [3.63, 3.8) is 0 Å². The summed E-state index contributed by atoms with van der Waals surface area (Å²) in [6, 6.07) is 15.0. The van der Waals surface area contributed by atoms with Gasteiger partial charge in [-0.2, -0.15) is 0 Å². The zero-order valence-corrected chi connectivity index (χ0v) is 15.4. The third-order valence-corrected chi connectivity index (χ3v) is 4.34. The monoisotopic (exact) mass is 398 g/mol. The minimum atomic E-state index is -1.47. The lowest BCUT2D eigenvalue weighted by Gasteiger charge is -2.19. The Morgan fingerprint density at radius 2 is 1.68 bits per heavy atom. The summed E-state index contributed by atoms with van der Waals surface area (Å²) in [7, 11) is 0. The zero-order chi connectivity index (χ0) is 20.1. The lowest BCUT2D eigenvalue weighted by Crippen LogP contribution is -2.41. The molecule has 0 aliphatic carbocycles. The summed E-state index contributed by atoms with van der Waals surface area (Å²) >= 11 is 5.96. The number of benzene rings is 2. The van der Waals surface area contributed by atoms with Gasteiger partial charge in [0.1, 0.15) is 5.82 Å². The molecule has 1 amide bonds. The van der Waals surface area contributed by atoms with Gasteiger partial charge in [0.25, 0.3) is 11.5 Å². The van der Waals surface area contributed by atoms with Crippen molar-refractivity contribution in [2.75, 3.05) is 0 Å². The second-order valence-corrected chi connectivity index (χ2v) is 6.51. The van der Waals surface area contributed by atoms with E-state index in [2.05, 4.69) is 5.32 Å². The smallest absolute Gasteiger partial charge is 0.251 e. The Labute approximate surface area is 165 Å². The fourth-order valence-corrected chi connectivity index (χ4v) is 2.87. The third kappa shape index (κ3) is 4.53. The van der Waals surface area contributed by atoms with Crippen molar-refractivity contribution in [1.29, 1.82) is 0 Å². The van der Waals surface area contributed by atoms with Crippen LogP contribution in [0.4, 0.5) is 4.39 Å². The first kappa shape index (κ1) is 19.5. The summed E-state index contributed by atoms with van der Waals surface area (Å²) in [4.78, 5) is 38.1. The maximum atomic E-state index is 13.2. The lowest BCUT2D eigenvalue weighted by atomic mass is 10.0. The molecule has 1 aromatic heterocycles. The molecule has 0 saturated heterocycles. The van der Waals surface area contributed by atoms with Crippen molar-refractivity contribution in [3.8, 4) is 0 Å². The number of hydrogen-bond acceptors (Lipinski definition) is 3. The largest absolute Gasteiger partial charge is 0.350 e. The molecule has 3 rings (SSSR count). The molecule has 0 saturated carbocycles. The quantitative estimate of drug-likeness (QED) is 0.511. The minimum absolute atomic E-state index is 0.105. The van der Waals surface area contributed by atoms with Crippen LogP contribution in [0.15, 0.2) is 77.7 Å². The fraction of sp³-hybridized carbons (Fsp3) is 0.0952. The molecule has 142 valence electrons. The zero-order valence-electron chi connectivity index (χ0n) is 14.6. The highest BCUT2D eigenvalue weighted by molar-refractivity contribution is 6.30. The summed E-state index contributed by atoms with van der Waals surface area (Å²) in [6.45, 7) is 0.183. The van der Waals surface area contributed by atoms with Crippen LogP contribution in [0.25, 0.3) is 0 Å². The second kappa shape index (κ2) is 8.63. The van der Waals surface area contributed by atoms with Gasteiger partial charge in [-0.1, -0.05) is 41.9 Å². The van der Waals surface area contributed by atoms with E-state index in [9.17, 15) is 18.8 Å². The Balaban J connectivity index is 1.95. The number of Topliss-reactive ketones (excluding diaryl/α,β-unsaturated/α-hetero) is 1. The highest BCUT2D eigenvalue weighted by Gasteiger charge is 2.30. The van der Waals surface area contributed by atoms with Gasteiger partial charge in [0.05, 0.1) is 5.02 Å². The second-order valence-electron chi connectivity index (χ2n) is 6.07. The van der Waals surface area contributed by atoms with E-state index in [4.69, 9.17) is 11.6 Å². The Bertz CT molecular complexity index is 1050. The molecule has 0 fully saturated rings. The van der Waals surface area contributed by atoms with E-state index >= 15 is 0 Å². The summed E-state index contributed by atoms with van der Waals surface area (Å²) < 4.78 is 14.2. The Hall–Kier alpha value is -3.25. The molecule has 0 spiro atoms. The molecule has 0 aliphatic heterocycles. The normalized spacial score (nSPS) is 11.6. The van der Waals surface area contributed by atoms with Gasteiger partial charge < -0.3 is 5.32 Å². The van der Waals surface area contributed by atoms with Gasteiger partial charge in [-0.3, -0.25) is 19.0 Å². The first-order valence-corrected chi connectivity index (χ1v) is 8.82. The maximum absolute atomic E-state index is 13.2. The van der Waals surface area contributed by atoms with Crippen LogP contribution in [-0.2, 0) is 11.3 Å². The molecule has 1 N–H and O–H groups in total. The molecule has 5 nitrogen and oxygen atoms in total. The van der Waals surface area contributed by atoms with Gasteiger partial charge in [-0.05, 0) is 35.9 Å². The number of pyridine rings is 1. The highest BCUT2D eigenvalue weighted by Crippen LogP contribution is 2.17. The third-order valence-electron chi connectivity index (χ3n) is 4.12. The van der Waals surface area contributed by atoms with Crippen LogP contribution in [0, 0.1) is 5.82 Å². The molecular formula is C21H16ClFN2O3. The number of aromatic nitrogens is 1. The fourth-order valence-electron chi connectivity index (χ4n) is 2.70. The first-order chi connectivity index (χ1) is 13.5. The number of carbonyl (C=O) groups is 2. The molecule has 28 heavy (non-hydrogen) atoms. The average molecular weight is 399 g/mol. The van der Waals surface area contributed by atoms with Crippen molar-refractivity contribution in [2.45, 2.75) is 12.6 Å². The SMILES string of the molecule is O=C(NCc1ccccc1)[C@H](C(=O)c1ccc(F)cc1)n1cc(Cl)ccc1=O. The molecule has 3 aromatic rings. The van der Waals surface area contributed by atoms with Crippen molar-refractivity contribution < 1.29 is 14.0 Å². The number of nitrogens with one attached hydrogen (secondary N) is 1. The molecule has 0 unspecified atom stereocenters. The van der Waals surface area contributed by atoms with Gasteiger partial charge >= 0.3 is 0 Å². The molecule has 0 aliphatic rings. The summed E-state index contributed by atoms with van der Waals surface area (Å²) in [5, 5.41) is 2.87. The summed E-state index contributed by atoms with van der Waals surface area (Å²) in [6.07, 6.45) is 1.23. The number of amides is 1. The van der Waals surface area contributed by atoms with Crippen molar-refractivity contribution in [3.05, 3.63) is 105 Å². The summed E-state index contributed by atoms with van der Waals surface area (Å²) in [5.74, 6) is -1.82. The van der Waals surface area contributed by atoms with E-state index in [0.29, 0.717) is 0 Å². The number of nitrogens with zero attached hydrogens (tertiary/aromatic N) is 1. The Morgan fingerprint density at radius 3 is 2.36 bits per heavy atom. The number of ketones is 1.